The highest BCUT2D eigenvalue weighted by molar-refractivity contribution is 5.97. The molecule has 0 N–H and O–H groups in total. The molecule has 4 rings (SSSR count). The summed E-state index contributed by atoms with van der Waals surface area (Å²) in [7, 11) is 0. The summed E-state index contributed by atoms with van der Waals surface area (Å²) in [6.45, 7) is 10.3. The standard InChI is InChI=1S/C41H42O9/c1-5-6-7-23-47-38(42)21-11-30-10-20-37(29(4)25-30)50-40(44)31-14-17-35(18-15-31)49-41(45)34-13-12-33-27-36(19-16-32(33)26-34)46-22-8-9-24-48-39(43)28(2)3/h10-21,25-27H,2,5-9,22-24H2,1,3-4H3/b21-11+. The van der Waals surface area contributed by atoms with Gasteiger partial charge in [0.15, 0.2) is 0 Å². The Hall–Kier alpha value is -5.70. The number of hydrogen-bond acceptors (Lipinski definition) is 9. The van der Waals surface area contributed by atoms with Crippen LogP contribution in [0.4, 0.5) is 0 Å². The highest BCUT2D eigenvalue weighted by Crippen LogP contribution is 2.25. The van der Waals surface area contributed by atoms with Crippen molar-refractivity contribution in [2.75, 3.05) is 19.8 Å². The van der Waals surface area contributed by atoms with Crippen LogP contribution in [-0.2, 0) is 19.1 Å². The summed E-state index contributed by atoms with van der Waals surface area (Å²) in [6, 6.07) is 22.2. The third-order valence-electron chi connectivity index (χ3n) is 7.54. The van der Waals surface area contributed by atoms with Crippen LogP contribution in [0, 0.1) is 6.92 Å². The molecule has 0 amide bonds. The molecule has 4 aromatic rings. The van der Waals surface area contributed by atoms with Gasteiger partial charge in [0.25, 0.3) is 0 Å². The molecule has 0 heterocycles. The van der Waals surface area contributed by atoms with Crippen molar-refractivity contribution in [3.05, 3.63) is 119 Å². The van der Waals surface area contributed by atoms with Crippen molar-refractivity contribution in [2.24, 2.45) is 0 Å². The van der Waals surface area contributed by atoms with Crippen molar-refractivity contribution in [3.8, 4) is 17.2 Å². The Kier molecular flexibility index (Phi) is 13.9. The van der Waals surface area contributed by atoms with Gasteiger partial charge in [-0.1, -0.05) is 44.5 Å². The van der Waals surface area contributed by atoms with Crippen LogP contribution in [0.1, 0.15) is 77.8 Å². The molecule has 0 atom stereocenters. The Morgan fingerprint density at radius 3 is 2.06 bits per heavy atom. The van der Waals surface area contributed by atoms with Crippen molar-refractivity contribution >= 4 is 40.7 Å². The van der Waals surface area contributed by atoms with E-state index in [1.165, 1.54) is 30.3 Å². The number of carbonyl (C=O) groups excluding carboxylic acids is 4. The van der Waals surface area contributed by atoms with Crippen LogP contribution in [-0.4, -0.2) is 43.7 Å². The maximum Gasteiger partial charge on any atom is 0.343 e. The average Bonchev–Trinajstić information content (AvgIpc) is 3.11. The number of benzene rings is 4. The smallest absolute Gasteiger partial charge is 0.343 e. The SMILES string of the molecule is C=C(C)C(=O)OCCCCOc1ccc2cc(C(=O)Oc3ccc(C(=O)Oc4ccc(/C=C/C(=O)OCCCCC)cc4C)cc3)ccc2c1. The Bertz CT molecular complexity index is 1850. The van der Waals surface area contributed by atoms with Crippen LogP contribution in [0.5, 0.6) is 17.2 Å². The van der Waals surface area contributed by atoms with Crippen LogP contribution in [0.3, 0.4) is 0 Å². The average molecular weight is 679 g/mol. The molecular formula is C41H42O9. The van der Waals surface area contributed by atoms with Crippen LogP contribution in [0.25, 0.3) is 16.8 Å². The predicted octanol–water partition coefficient (Wildman–Crippen LogP) is 8.61. The minimum absolute atomic E-state index is 0.279. The van der Waals surface area contributed by atoms with Crippen LogP contribution >= 0.6 is 0 Å². The van der Waals surface area contributed by atoms with Gasteiger partial charge in [0.1, 0.15) is 17.2 Å². The number of carbonyl (C=O) groups is 4. The molecule has 0 fully saturated rings. The molecule has 50 heavy (non-hydrogen) atoms. The van der Waals surface area contributed by atoms with Crippen molar-refractivity contribution in [2.45, 2.75) is 52.9 Å². The molecule has 0 saturated heterocycles. The van der Waals surface area contributed by atoms with E-state index in [1.54, 1.807) is 37.3 Å². The molecular weight excluding hydrogens is 636 g/mol. The third-order valence-corrected chi connectivity index (χ3v) is 7.54. The summed E-state index contributed by atoms with van der Waals surface area (Å²) in [5.41, 5.74) is 2.53. The minimum Gasteiger partial charge on any atom is -0.494 e. The number of fused-ring (bicyclic) bond motifs is 1. The number of hydrogen-bond donors (Lipinski definition) is 0. The van der Waals surface area contributed by atoms with Crippen molar-refractivity contribution in [1.82, 2.24) is 0 Å². The van der Waals surface area contributed by atoms with E-state index in [0.29, 0.717) is 48.9 Å². The lowest BCUT2D eigenvalue weighted by Crippen LogP contribution is -2.10. The fourth-order valence-corrected chi connectivity index (χ4v) is 4.73. The zero-order valence-corrected chi connectivity index (χ0v) is 28.7. The van der Waals surface area contributed by atoms with Crippen molar-refractivity contribution in [1.29, 1.82) is 0 Å². The molecule has 0 aliphatic carbocycles. The quantitative estimate of drug-likeness (QED) is 0.0469. The number of esters is 4. The first kappa shape index (κ1) is 37.1. The molecule has 4 aromatic carbocycles. The van der Waals surface area contributed by atoms with E-state index in [9.17, 15) is 19.2 Å². The Labute approximate surface area is 292 Å². The largest absolute Gasteiger partial charge is 0.494 e. The van der Waals surface area contributed by atoms with Gasteiger partial charge in [-0.3, -0.25) is 0 Å². The van der Waals surface area contributed by atoms with E-state index in [0.717, 1.165) is 47.6 Å². The molecule has 0 aliphatic heterocycles. The monoisotopic (exact) mass is 678 g/mol. The summed E-state index contributed by atoms with van der Waals surface area (Å²) >= 11 is 0. The van der Waals surface area contributed by atoms with Crippen molar-refractivity contribution in [3.63, 3.8) is 0 Å². The molecule has 9 nitrogen and oxygen atoms in total. The molecule has 0 bridgehead atoms. The highest BCUT2D eigenvalue weighted by atomic mass is 16.5. The predicted molar refractivity (Wildman–Crippen MR) is 192 cm³/mol. The zero-order chi connectivity index (χ0) is 35.9. The second-order valence-corrected chi connectivity index (χ2v) is 11.7. The lowest BCUT2D eigenvalue weighted by atomic mass is 10.1. The number of aryl methyl sites for hydroxylation is 1. The molecule has 9 heteroatoms. The van der Waals surface area contributed by atoms with Gasteiger partial charge in [0, 0.05) is 11.6 Å². The molecule has 0 unspecified atom stereocenters. The van der Waals surface area contributed by atoms with E-state index < -0.39 is 23.9 Å². The van der Waals surface area contributed by atoms with Gasteiger partial charge in [0.2, 0.25) is 0 Å². The number of unbranched alkanes of at least 4 members (excludes halogenated alkanes) is 3. The topological polar surface area (TPSA) is 114 Å². The first-order chi connectivity index (χ1) is 24.1. The molecule has 0 aliphatic rings. The summed E-state index contributed by atoms with van der Waals surface area (Å²) in [6.07, 6.45) is 7.36. The Balaban J connectivity index is 1.25. The number of rotatable bonds is 17. The second kappa shape index (κ2) is 18.7. The fourth-order valence-electron chi connectivity index (χ4n) is 4.73. The Morgan fingerprint density at radius 2 is 1.32 bits per heavy atom. The van der Waals surface area contributed by atoms with Gasteiger partial charge in [-0.05, 0) is 122 Å². The third kappa shape index (κ3) is 11.5. The summed E-state index contributed by atoms with van der Waals surface area (Å²) < 4.78 is 27.2. The maximum atomic E-state index is 12.9. The van der Waals surface area contributed by atoms with E-state index in [4.69, 9.17) is 23.7 Å². The molecule has 0 aromatic heterocycles. The van der Waals surface area contributed by atoms with E-state index in [-0.39, 0.29) is 11.3 Å². The van der Waals surface area contributed by atoms with Crippen LogP contribution in [0.2, 0.25) is 0 Å². The van der Waals surface area contributed by atoms with E-state index in [2.05, 4.69) is 13.5 Å². The van der Waals surface area contributed by atoms with Crippen LogP contribution in [0.15, 0.2) is 97.1 Å². The normalized spacial score (nSPS) is 10.9. The van der Waals surface area contributed by atoms with Gasteiger partial charge >= 0.3 is 23.9 Å². The maximum absolute atomic E-state index is 12.9. The van der Waals surface area contributed by atoms with Crippen LogP contribution < -0.4 is 14.2 Å². The highest BCUT2D eigenvalue weighted by Gasteiger charge is 2.14. The number of ether oxygens (including phenoxy) is 5. The van der Waals surface area contributed by atoms with Gasteiger partial charge in [-0.25, -0.2) is 19.2 Å². The zero-order valence-electron chi connectivity index (χ0n) is 28.7. The van der Waals surface area contributed by atoms with E-state index in [1.807, 2.05) is 37.3 Å². The molecule has 260 valence electrons. The Morgan fingerprint density at radius 1 is 0.680 bits per heavy atom. The molecule has 0 radical (unpaired) electrons. The minimum atomic E-state index is -0.563. The molecule has 0 saturated carbocycles. The second-order valence-electron chi connectivity index (χ2n) is 11.7. The van der Waals surface area contributed by atoms with Gasteiger partial charge in [-0.15, -0.1) is 0 Å². The fraction of sp³-hybridized carbons (Fsp3) is 0.268. The molecule has 0 spiro atoms. The van der Waals surface area contributed by atoms with Gasteiger partial charge in [-0.2, -0.15) is 0 Å². The summed E-state index contributed by atoms with van der Waals surface area (Å²) in [4.78, 5) is 49.1. The summed E-state index contributed by atoms with van der Waals surface area (Å²) in [5.74, 6) is -0.525. The van der Waals surface area contributed by atoms with E-state index >= 15 is 0 Å². The first-order valence-corrected chi connectivity index (χ1v) is 16.6. The van der Waals surface area contributed by atoms with Gasteiger partial charge in [0.05, 0.1) is 30.9 Å². The first-order valence-electron chi connectivity index (χ1n) is 16.6. The van der Waals surface area contributed by atoms with Gasteiger partial charge < -0.3 is 23.7 Å². The lowest BCUT2D eigenvalue weighted by Gasteiger charge is -2.10. The lowest BCUT2D eigenvalue weighted by molar-refractivity contribution is -0.139. The van der Waals surface area contributed by atoms with Crippen molar-refractivity contribution < 1.29 is 42.9 Å². The summed E-state index contributed by atoms with van der Waals surface area (Å²) in [5, 5.41) is 1.74.